The molecule has 0 aliphatic rings. The number of hydrogen-bond acceptors (Lipinski definition) is 7. The molecule has 0 bridgehead atoms. The molecule has 0 aliphatic heterocycles. The van der Waals surface area contributed by atoms with Gasteiger partial charge in [0.25, 0.3) is 5.56 Å². The van der Waals surface area contributed by atoms with Gasteiger partial charge in [-0.25, -0.2) is 9.20 Å². The van der Waals surface area contributed by atoms with Crippen molar-refractivity contribution in [3.8, 4) is 28.5 Å². The van der Waals surface area contributed by atoms with Gasteiger partial charge in [-0.15, -0.1) is 0 Å². The summed E-state index contributed by atoms with van der Waals surface area (Å²) < 4.78 is 18.4. The van der Waals surface area contributed by atoms with Gasteiger partial charge < -0.3 is 19.5 Å². The Morgan fingerprint density at radius 2 is 1.66 bits per heavy atom. The largest absolute Gasteiger partial charge is 0.497 e. The van der Waals surface area contributed by atoms with E-state index >= 15 is 0 Å². The zero-order valence-corrected chi connectivity index (χ0v) is 20.1. The van der Waals surface area contributed by atoms with Crippen molar-refractivity contribution < 1.29 is 19.0 Å². The fraction of sp³-hybridized carbons (Fsp3) is 0.280. The predicted molar refractivity (Wildman–Crippen MR) is 130 cm³/mol. The second kappa shape index (κ2) is 10.3. The second-order valence-electron chi connectivity index (χ2n) is 7.84. The molecule has 0 fully saturated rings. The van der Waals surface area contributed by atoms with E-state index in [1.54, 1.807) is 40.4 Å². The van der Waals surface area contributed by atoms with Crippen LogP contribution in [0.15, 0.2) is 53.3 Å². The Morgan fingerprint density at radius 3 is 2.34 bits per heavy atom. The molecule has 0 radical (unpaired) electrons. The first kappa shape index (κ1) is 23.8. The SMILES string of the molecule is COc1ccc(-c2cc3c(=O)n(CC(=O)NCCc4ccc(OC)cc4OC)nc(C)n3n2)cc1. The van der Waals surface area contributed by atoms with Gasteiger partial charge in [0.2, 0.25) is 5.91 Å². The number of nitrogens with zero attached hydrogens (tertiary/aromatic N) is 4. The van der Waals surface area contributed by atoms with Crippen LogP contribution in [0, 0.1) is 6.92 Å². The average Bonchev–Trinajstić information content (AvgIpc) is 3.34. The van der Waals surface area contributed by atoms with Crippen LogP contribution in [0.1, 0.15) is 11.4 Å². The van der Waals surface area contributed by atoms with E-state index in [-0.39, 0.29) is 12.5 Å². The minimum absolute atomic E-state index is 0.195. The minimum atomic E-state index is -0.394. The Hall–Kier alpha value is -4.34. The Balaban J connectivity index is 1.46. The highest BCUT2D eigenvalue weighted by atomic mass is 16.5. The molecule has 4 rings (SSSR count). The first-order valence-electron chi connectivity index (χ1n) is 11.0. The molecule has 1 N–H and O–H groups in total. The number of aryl methyl sites for hydroxylation is 1. The van der Waals surface area contributed by atoms with Crippen molar-refractivity contribution in [1.29, 1.82) is 0 Å². The van der Waals surface area contributed by atoms with Crippen LogP contribution >= 0.6 is 0 Å². The predicted octanol–water partition coefficient (Wildman–Crippen LogP) is 2.25. The van der Waals surface area contributed by atoms with Crippen molar-refractivity contribution in [2.45, 2.75) is 19.9 Å². The molecule has 0 atom stereocenters. The fourth-order valence-corrected chi connectivity index (χ4v) is 3.77. The van der Waals surface area contributed by atoms with Gasteiger partial charge in [-0.1, -0.05) is 6.07 Å². The smallest absolute Gasteiger partial charge is 0.293 e. The number of amides is 1. The number of carbonyl (C=O) groups excluding carboxylic acids is 1. The van der Waals surface area contributed by atoms with Crippen LogP contribution in [-0.4, -0.2) is 53.2 Å². The van der Waals surface area contributed by atoms with Crippen molar-refractivity contribution in [1.82, 2.24) is 24.7 Å². The molecule has 0 spiro atoms. The maximum absolute atomic E-state index is 13.0. The van der Waals surface area contributed by atoms with Crippen molar-refractivity contribution in [2.24, 2.45) is 0 Å². The Bertz CT molecular complexity index is 1410. The Labute approximate surface area is 202 Å². The average molecular weight is 478 g/mol. The molecule has 0 aliphatic carbocycles. The molecule has 0 unspecified atom stereocenters. The van der Waals surface area contributed by atoms with Gasteiger partial charge >= 0.3 is 0 Å². The lowest BCUT2D eigenvalue weighted by Crippen LogP contribution is -2.35. The van der Waals surface area contributed by atoms with Crippen LogP contribution in [0.25, 0.3) is 16.8 Å². The van der Waals surface area contributed by atoms with Crippen LogP contribution in [0.5, 0.6) is 17.2 Å². The summed E-state index contributed by atoms with van der Waals surface area (Å²) in [4.78, 5) is 25.6. The number of nitrogens with one attached hydrogen (secondary N) is 1. The lowest BCUT2D eigenvalue weighted by Gasteiger charge is -2.11. The van der Waals surface area contributed by atoms with Crippen LogP contribution in [0.2, 0.25) is 0 Å². The maximum atomic E-state index is 13.0. The molecule has 2 aromatic heterocycles. The van der Waals surface area contributed by atoms with E-state index in [2.05, 4.69) is 15.5 Å². The summed E-state index contributed by atoms with van der Waals surface area (Å²) >= 11 is 0. The number of benzene rings is 2. The zero-order valence-electron chi connectivity index (χ0n) is 20.1. The summed E-state index contributed by atoms with van der Waals surface area (Å²) in [6, 6.07) is 14.6. The van der Waals surface area contributed by atoms with Crippen molar-refractivity contribution >= 4 is 11.4 Å². The summed E-state index contributed by atoms with van der Waals surface area (Å²) in [6.07, 6.45) is 0.563. The van der Waals surface area contributed by atoms with Crippen LogP contribution in [-0.2, 0) is 17.8 Å². The molecule has 2 heterocycles. The third-order valence-electron chi connectivity index (χ3n) is 5.62. The van der Waals surface area contributed by atoms with E-state index in [9.17, 15) is 9.59 Å². The molecule has 182 valence electrons. The zero-order chi connectivity index (χ0) is 24.9. The lowest BCUT2D eigenvalue weighted by atomic mass is 10.1. The van der Waals surface area contributed by atoms with Crippen LogP contribution < -0.4 is 25.1 Å². The number of rotatable bonds is 9. The number of fused-ring (bicyclic) bond motifs is 1. The lowest BCUT2D eigenvalue weighted by molar-refractivity contribution is -0.121. The number of carbonyl (C=O) groups is 1. The van der Waals surface area contributed by atoms with Crippen molar-refractivity contribution in [3.63, 3.8) is 0 Å². The van der Waals surface area contributed by atoms with Crippen LogP contribution in [0.3, 0.4) is 0 Å². The van der Waals surface area contributed by atoms with E-state index in [1.165, 1.54) is 4.52 Å². The summed E-state index contributed by atoms with van der Waals surface area (Å²) in [5, 5.41) is 11.6. The number of methoxy groups -OCH3 is 3. The summed E-state index contributed by atoms with van der Waals surface area (Å²) in [6.45, 7) is 1.92. The van der Waals surface area contributed by atoms with Crippen LogP contribution in [0.4, 0.5) is 0 Å². The summed E-state index contributed by atoms with van der Waals surface area (Å²) in [5.41, 5.74) is 2.36. The molecule has 10 nitrogen and oxygen atoms in total. The molecule has 10 heteroatoms. The topological polar surface area (TPSA) is 109 Å². The maximum Gasteiger partial charge on any atom is 0.293 e. The molecule has 2 aromatic carbocycles. The van der Waals surface area contributed by atoms with E-state index in [1.807, 2.05) is 36.4 Å². The van der Waals surface area contributed by atoms with Gasteiger partial charge in [0.05, 0.1) is 27.0 Å². The van der Waals surface area contributed by atoms with Gasteiger partial charge in [0, 0.05) is 18.2 Å². The molecule has 1 amide bonds. The van der Waals surface area contributed by atoms with Gasteiger partial charge in [0.15, 0.2) is 0 Å². The van der Waals surface area contributed by atoms with E-state index in [4.69, 9.17) is 14.2 Å². The second-order valence-corrected chi connectivity index (χ2v) is 7.84. The first-order chi connectivity index (χ1) is 16.9. The van der Waals surface area contributed by atoms with Gasteiger partial charge in [-0.2, -0.15) is 10.2 Å². The standard InChI is InChI=1S/C25H27N5O5/c1-16-27-29(15-24(31)26-12-11-18-7-10-20(34-3)13-23(18)35-4)25(32)22-14-21(28-30(16)22)17-5-8-19(33-2)9-6-17/h5-10,13-14H,11-12,15H2,1-4H3,(H,26,31). The number of ether oxygens (including phenoxy) is 3. The highest BCUT2D eigenvalue weighted by molar-refractivity contribution is 5.75. The van der Waals surface area contributed by atoms with E-state index in [0.29, 0.717) is 41.5 Å². The molecule has 4 aromatic rings. The summed E-state index contributed by atoms with van der Waals surface area (Å²) in [5.74, 6) is 2.29. The van der Waals surface area contributed by atoms with Crippen molar-refractivity contribution in [2.75, 3.05) is 27.9 Å². The molecule has 0 saturated carbocycles. The van der Waals surface area contributed by atoms with Crippen molar-refractivity contribution in [3.05, 3.63) is 70.3 Å². The minimum Gasteiger partial charge on any atom is -0.497 e. The van der Waals surface area contributed by atoms with E-state index < -0.39 is 5.56 Å². The van der Waals surface area contributed by atoms with E-state index in [0.717, 1.165) is 21.6 Å². The Kier molecular flexibility index (Phi) is 7.00. The number of hydrogen-bond donors (Lipinski definition) is 1. The third kappa shape index (κ3) is 5.11. The molecule has 35 heavy (non-hydrogen) atoms. The number of aromatic nitrogens is 4. The summed E-state index contributed by atoms with van der Waals surface area (Å²) in [7, 11) is 4.78. The molecular formula is C25H27N5O5. The Morgan fingerprint density at radius 1 is 0.943 bits per heavy atom. The quantitative estimate of drug-likeness (QED) is 0.394. The van der Waals surface area contributed by atoms with Gasteiger partial charge in [0.1, 0.15) is 35.1 Å². The van der Waals surface area contributed by atoms with Gasteiger partial charge in [-0.3, -0.25) is 9.59 Å². The third-order valence-corrected chi connectivity index (χ3v) is 5.62. The normalized spacial score (nSPS) is 10.9. The first-order valence-corrected chi connectivity index (χ1v) is 11.0. The highest BCUT2D eigenvalue weighted by Gasteiger charge is 2.15. The highest BCUT2D eigenvalue weighted by Crippen LogP contribution is 2.25. The monoisotopic (exact) mass is 477 g/mol. The van der Waals surface area contributed by atoms with Gasteiger partial charge in [-0.05, 0) is 55.3 Å². The fourth-order valence-electron chi connectivity index (χ4n) is 3.77. The molecular weight excluding hydrogens is 450 g/mol. The molecule has 0 saturated heterocycles.